The molecular formula is C18H19Cl2N3O2. The van der Waals surface area contributed by atoms with E-state index in [1.54, 1.807) is 67.4 Å². The van der Waals surface area contributed by atoms with Crippen molar-refractivity contribution in [1.29, 1.82) is 0 Å². The van der Waals surface area contributed by atoms with Crippen molar-refractivity contribution < 1.29 is 9.59 Å². The van der Waals surface area contributed by atoms with Crippen LogP contribution in [0.1, 0.15) is 6.92 Å². The third-order valence-corrected chi connectivity index (χ3v) is 4.18. The number of halogens is 2. The predicted octanol–water partition coefficient (Wildman–Crippen LogP) is 3.89. The van der Waals surface area contributed by atoms with Gasteiger partial charge in [-0.25, -0.2) is 0 Å². The van der Waals surface area contributed by atoms with Gasteiger partial charge in [0.25, 0.3) is 0 Å². The van der Waals surface area contributed by atoms with Crippen molar-refractivity contribution in [3.8, 4) is 0 Å². The summed E-state index contributed by atoms with van der Waals surface area (Å²) in [6.07, 6.45) is 0. The zero-order valence-corrected chi connectivity index (χ0v) is 15.4. The first kappa shape index (κ1) is 19.2. The quantitative estimate of drug-likeness (QED) is 0.799. The minimum Gasteiger partial charge on any atom is -0.325 e. The number of likely N-dealkylation sites (N-methyl/N-ethyl adjacent to an activating group) is 1. The molecule has 0 bridgehead atoms. The Kier molecular flexibility index (Phi) is 6.82. The molecule has 1 atom stereocenters. The van der Waals surface area contributed by atoms with Crippen molar-refractivity contribution in [2.75, 3.05) is 24.2 Å². The number of amides is 2. The number of nitrogens with one attached hydrogen (secondary N) is 2. The summed E-state index contributed by atoms with van der Waals surface area (Å²) in [7, 11) is 1.72. The summed E-state index contributed by atoms with van der Waals surface area (Å²) in [5.74, 6) is -0.417. The first-order valence-electron chi connectivity index (χ1n) is 7.67. The SMILES string of the molecule is C[C@@H](C(=O)Nc1ccc(Cl)cc1)N(C)CC(=O)Nc1ccc(Cl)cc1. The number of anilines is 2. The van der Waals surface area contributed by atoms with E-state index in [0.29, 0.717) is 21.4 Å². The molecule has 0 heterocycles. The van der Waals surface area contributed by atoms with Gasteiger partial charge in [0, 0.05) is 21.4 Å². The zero-order chi connectivity index (χ0) is 18.4. The lowest BCUT2D eigenvalue weighted by Gasteiger charge is -2.23. The minimum absolute atomic E-state index is 0.0812. The Labute approximate surface area is 156 Å². The first-order chi connectivity index (χ1) is 11.8. The van der Waals surface area contributed by atoms with E-state index in [1.165, 1.54) is 0 Å². The summed E-state index contributed by atoms with van der Waals surface area (Å²) in [4.78, 5) is 26.0. The van der Waals surface area contributed by atoms with E-state index < -0.39 is 6.04 Å². The summed E-state index contributed by atoms with van der Waals surface area (Å²) in [6.45, 7) is 1.82. The van der Waals surface area contributed by atoms with Crippen LogP contribution in [0, 0.1) is 0 Å². The highest BCUT2D eigenvalue weighted by molar-refractivity contribution is 6.31. The second kappa shape index (κ2) is 8.85. The molecule has 0 aliphatic carbocycles. The molecule has 2 N–H and O–H groups in total. The molecule has 0 aliphatic heterocycles. The molecule has 2 aromatic carbocycles. The lowest BCUT2D eigenvalue weighted by atomic mass is 10.2. The van der Waals surface area contributed by atoms with Gasteiger partial charge in [0.05, 0.1) is 12.6 Å². The van der Waals surface area contributed by atoms with Crippen molar-refractivity contribution in [2.24, 2.45) is 0 Å². The summed E-state index contributed by atoms with van der Waals surface area (Å²) < 4.78 is 0. The van der Waals surface area contributed by atoms with Crippen molar-refractivity contribution in [2.45, 2.75) is 13.0 Å². The summed E-state index contributed by atoms with van der Waals surface area (Å²) in [6, 6.07) is 13.2. The lowest BCUT2D eigenvalue weighted by Crippen LogP contribution is -2.43. The van der Waals surface area contributed by atoms with E-state index in [4.69, 9.17) is 23.2 Å². The van der Waals surface area contributed by atoms with Gasteiger partial charge in [-0.2, -0.15) is 0 Å². The second-order valence-electron chi connectivity index (χ2n) is 5.64. The molecule has 0 aromatic heterocycles. The molecular weight excluding hydrogens is 361 g/mol. The molecule has 0 aliphatic rings. The fourth-order valence-electron chi connectivity index (χ4n) is 2.08. The maximum atomic E-state index is 12.3. The molecule has 5 nitrogen and oxygen atoms in total. The highest BCUT2D eigenvalue weighted by Crippen LogP contribution is 2.15. The smallest absolute Gasteiger partial charge is 0.241 e. The molecule has 0 fully saturated rings. The van der Waals surface area contributed by atoms with Crippen molar-refractivity contribution >= 4 is 46.4 Å². The van der Waals surface area contributed by atoms with E-state index in [2.05, 4.69) is 10.6 Å². The Balaban J connectivity index is 1.86. The Bertz CT molecular complexity index is 733. The van der Waals surface area contributed by atoms with Gasteiger partial charge in [0.2, 0.25) is 11.8 Å². The molecule has 132 valence electrons. The van der Waals surface area contributed by atoms with Crippen LogP contribution >= 0.6 is 23.2 Å². The minimum atomic E-state index is -0.480. The number of hydrogen-bond acceptors (Lipinski definition) is 3. The number of hydrogen-bond donors (Lipinski definition) is 2. The van der Waals surface area contributed by atoms with Crippen LogP contribution in [0.5, 0.6) is 0 Å². The van der Waals surface area contributed by atoms with E-state index in [-0.39, 0.29) is 18.4 Å². The van der Waals surface area contributed by atoms with Gasteiger partial charge < -0.3 is 10.6 Å². The van der Waals surface area contributed by atoms with Gasteiger partial charge in [-0.05, 0) is 62.5 Å². The van der Waals surface area contributed by atoms with E-state index in [0.717, 1.165) is 0 Å². The molecule has 7 heteroatoms. The van der Waals surface area contributed by atoms with Gasteiger partial charge in [-0.3, -0.25) is 14.5 Å². The molecule has 0 unspecified atom stereocenters. The largest absolute Gasteiger partial charge is 0.325 e. The van der Waals surface area contributed by atoms with Gasteiger partial charge >= 0.3 is 0 Å². The van der Waals surface area contributed by atoms with Crippen molar-refractivity contribution in [1.82, 2.24) is 4.90 Å². The van der Waals surface area contributed by atoms with Crippen LogP contribution in [0.2, 0.25) is 10.0 Å². The Morgan fingerprint density at radius 2 is 1.36 bits per heavy atom. The van der Waals surface area contributed by atoms with E-state index >= 15 is 0 Å². The average molecular weight is 380 g/mol. The first-order valence-corrected chi connectivity index (χ1v) is 8.43. The number of nitrogens with zero attached hydrogens (tertiary/aromatic N) is 1. The molecule has 0 spiro atoms. The molecule has 0 saturated heterocycles. The van der Waals surface area contributed by atoms with Crippen molar-refractivity contribution in [3.05, 3.63) is 58.6 Å². The number of benzene rings is 2. The van der Waals surface area contributed by atoms with Crippen LogP contribution in [-0.2, 0) is 9.59 Å². The van der Waals surface area contributed by atoms with E-state index in [9.17, 15) is 9.59 Å². The van der Waals surface area contributed by atoms with Crippen LogP contribution in [0.15, 0.2) is 48.5 Å². The number of carbonyl (C=O) groups is 2. The summed E-state index contributed by atoms with van der Waals surface area (Å²) in [5, 5.41) is 6.76. The normalized spacial score (nSPS) is 11.9. The highest BCUT2D eigenvalue weighted by Gasteiger charge is 2.20. The molecule has 2 amide bonds. The Morgan fingerprint density at radius 3 is 1.84 bits per heavy atom. The Hall–Kier alpha value is -2.08. The van der Waals surface area contributed by atoms with Crippen molar-refractivity contribution in [3.63, 3.8) is 0 Å². The lowest BCUT2D eigenvalue weighted by molar-refractivity contribution is -0.122. The predicted molar refractivity (Wildman–Crippen MR) is 102 cm³/mol. The summed E-state index contributed by atoms with van der Waals surface area (Å²) in [5.41, 5.74) is 1.31. The monoisotopic (exact) mass is 379 g/mol. The van der Waals surface area contributed by atoms with Crippen LogP contribution in [0.4, 0.5) is 11.4 Å². The van der Waals surface area contributed by atoms with Crippen LogP contribution < -0.4 is 10.6 Å². The zero-order valence-electron chi connectivity index (χ0n) is 13.9. The van der Waals surface area contributed by atoms with Gasteiger partial charge in [0.15, 0.2) is 0 Å². The van der Waals surface area contributed by atoms with Gasteiger partial charge in [-0.15, -0.1) is 0 Å². The standard InChI is InChI=1S/C18H19Cl2N3O2/c1-12(18(25)22-16-9-5-14(20)6-10-16)23(2)11-17(24)21-15-7-3-13(19)4-8-15/h3-10,12H,11H2,1-2H3,(H,21,24)(H,22,25)/t12-/m0/s1. The number of rotatable bonds is 6. The number of carbonyl (C=O) groups excluding carboxylic acids is 2. The second-order valence-corrected chi connectivity index (χ2v) is 6.52. The fraction of sp³-hybridized carbons (Fsp3) is 0.222. The van der Waals surface area contributed by atoms with Gasteiger partial charge in [0.1, 0.15) is 0 Å². The van der Waals surface area contributed by atoms with Crippen LogP contribution in [0.3, 0.4) is 0 Å². The molecule has 0 saturated carbocycles. The maximum absolute atomic E-state index is 12.3. The third kappa shape index (κ3) is 6.05. The average Bonchev–Trinajstić information content (AvgIpc) is 2.58. The van der Waals surface area contributed by atoms with E-state index in [1.807, 2.05) is 0 Å². The maximum Gasteiger partial charge on any atom is 0.241 e. The topological polar surface area (TPSA) is 61.4 Å². The molecule has 2 rings (SSSR count). The fourth-order valence-corrected chi connectivity index (χ4v) is 2.33. The highest BCUT2D eigenvalue weighted by atomic mass is 35.5. The molecule has 25 heavy (non-hydrogen) atoms. The van der Waals surface area contributed by atoms with Crippen LogP contribution in [0.25, 0.3) is 0 Å². The molecule has 0 radical (unpaired) electrons. The van der Waals surface area contributed by atoms with Gasteiger partial charge in [-0.1, -0.05) is 23.2 Å². The third-order valence-electron chi connectivity index (χ3n) is 3.67. The summed E-state index contributed by atoms with van der Waals surface area (Å²) >= 11 is 11.6. The molecule has 2 aromatic rings. The van der Waals surface area contributed by atoms with Crippen LogP contribution in [-0.4, -0.2) is 36.3 Å². The Morgan fingerprint density at radius 1 is 0.920 bits per heavy atom.